The van der Waals surface area contributed by atoms with E-state index in [1.807, 2.05) is 0 Å². The fourth-order valence-electron chi connectivity index (χ4n) is 0. The second kappa shape index (κ2) is 2.87. The summed E-state index contributed by atoms with van der Waals surface area (Å²) in [5.41, 5.74) is -5.53. The van der Waals surface area contributed by atoms with Crippen molar-refractivity contribution in [3.8, 4) is 0 Å². The molecule has 0 saturated carbocycles. The Kier molecular flexibility index (Phi) is 3.81. The van der Waals surface area contributed by atoms with E-state index in [-0.39, 0.29) is 17.1 Å². The van der Waals surface area contributed by atoms with Crippen LogP contribution in [0.4, 0.5) is 13.2 Å². The minimum Gasteiger partial charge on any atom is -0.279 e. The number of hydrogen-bond acceptors (Lipinski definition) is 2. The van der Waals surface area contributed by atoms with Gasteiger partial charge in [-0.1, -0.05) is 0 Å². The molecule has 0 amide bonds. The molecule has 0 atom stereocenters. The Hall–Kier alpha value is 0.219. The van der Waals surface area contributed by atoms with Crippen molar-refractivity contribution < 1.29 is 43.2 Å². The topological polar surface area (TPSA) is 54.4 Å². The Labute approximate surface area is 59.5 Å². The Bertz CT molecular complexity index is 168. The zero-order valence-electron chi connectivity index (χ0n) is 3.68. The molecule has 0 heterocycles. The molecule has 1 N–H and O–H groups in total. The molecule has 0 saturated heterocycles. The molecule has 0 aromatic heterocycles. The zero-order chi connectivity index (χ0) is 7.00. The number of halogens is 3. The van der Waals surface area contributed by atoms with Crippen LogP contribution in [0.1, 0.15) is 0 Å². The molecule has 0 fully saturated rings. The van der Waals surface area contributed by atoms with Gasteiger partial charge in [0.05, 0.1) is 0 Å². The Balaban J connectivity index is 0. The summed E-state index contributed by atoms with van der Waals surface area (Å²) in [6.45, 7) is 0. The average Bonchev–Trinajstić information content (AvgIpc) is 1.25. The minimum absolute atomic E-state index is 0. The van der Waals surface area contributed by atoms with Gasteiger partial charge in [0.1, 0.15) is 0 Å². The first-order chi connectivity index (χ1) is 3.25. The van der Waals surface area contributed by atoms with Crippen molar-refractivity contribution in [2.24, 2.45) is 0 Å². The van der Waals surface area contributed by atoms with Crippen molar-refractivity contribution in [3.63, 3.8) is 0 Å². The van der Waals surface area contributed by atoms with E-state index >= 15 is 0 Å². The number of rotatable bonds is 0. The zero-order valence-corrected chi connectivity index (χ0v) is 5.68. The standard InChI is InChI=1S/CHF3O3S.Mn/c2-1(3,4)8(5,6)7;/h(H,5,6,7);/q;+2. The van der Waals surface area contributed by atoms with Gasteiger partial charge in [-0.3, -0.25) is 4.55 Å². The number of hydrogen-bond donors (Lipinski definition) is 1. The maximum Gasteiger partial charge on any atom is 2.00 e. The van der Waals surface area contributed by atoms with E-state index < -0.39 is 15.6 Å². The molecule has 0 unspecified atom stereocenters. The van der Waals surface area contributed by atoms with Gasteiger partial charge in [-0.05, 0) is 0 Å². The quantitative estimate of drug-likeness (QED) is 0.353. The summed E-state index contributed by atoms with van der Waals surface area (Å²) in [5.74, 6) is 0. The molecule has 3 nitrogen and oxygen atoms in total. The summed E-state index contributed by atoms with van der Waals surface area (Å²) in [4.78, 5) is 0. The Morgan fingerprint density at radius 2 is 1.33 bits per heavy atom. The molecule has 0 spiro atoms. The maximum atomic E-state index is 10.7. The third kappa shape index (κ3) is 3.74. The molecule has 0 bridgehead atoms. The molecule has 1 radical (unpaired) electrons. The fourth-order valence-corrected chi connectivity index (χ4v) is 0. The van der Waals surface area contributed by atoms with Crippen molar-refractivity contribution in [1.29, 1.82) is 0 Å². The van der Waals surface area contributed by atoms with Gasteiger partial charge in [-0.2, -0.15) is 21.6 Å². The second-order valence-electron chi connectivity index (χ2n) is 0.921. The summed E-state index contributed by atoms with van der Waals surface area (Å²) < 4.78 is 57.5. The van der Waals surface area contributed by atoms with Crippen molar-refractivity contribution >= 4 is 10.1 Å². The van der Waals surface area contributed by atoms with Crippen LogP contribution in [-0.4, -0.2) is 18.5 Å². The summed E-state index contributed by atoms with van der Waals surface area (Å²) >= 11 is 0. The van der Waals surface area contributed by atoms with Gasteiger partial charge < -0.3 is 0 Å². The van der Waals surface area contributed by atoms with E-state index in [1.54, 1.807) is 0 Å². The average molecular weight is 205 g/mol. The van der Waals surface area contributed by atoms with Gasteiger partial charge in [0, 0.05) is 0 Å². The van der Waals surface area contributed by atoms with E-state index in [9.17, 15) is 13.2 Å². The molecule has 8 heteroatoms. The van der Waals surface area contributed by atoms with E-state index in [1.165, 1.54) is 0 Å². The van der Waals surface area contributed by atoms with E-state index in [2.05, 4.69) is 0 Å². The van der Waals surface area contributed by atoms with E-state index in [0.717, 1.165) is 0 Å². The van der Waals surface area contributed by atoms with Crippen LogP contribution in [0.25, 0.3) is 0 Å². The van der Waals surface area contributed by atoms with Gasteiger partial charge in [-0.15, -0.1) is 0 Å². The first-order valence-corrected chi connectivity index (χ1v) is 2.73. The van der Waals surface area contributed by atoms with Crippen LogP contribution >= 0.6 is 0 Å². The summed E-state index contributed by atoms with van der Waals surface area (Å²) in [5, 5.41) is 0. The normalized spacial score (nSPS) is 12.4. The smallest absolute Gasteiger partial charge is 0.279 e. The molecule has 0 aliphatic carbocycles. The third-order valence-electron chi connectivity index (χ3n) is 0.292. The monoisotopic (exact) mass is 205 g/mol. The summed E-state index contributed by atoms with van der Waals surface area (Å²) in [6.07, 6.45) is 0. The van der Waals surface area contributed by atoms with Crippen LogP contribution < -0.4 is 0 Å². The summed E-state index contributed by atoms with van der Waals surface area (Å²) in [7, 11) is -5.84. The molecule has 55 valence electrons. The first-order valence-electron chi connectivity index (χ1n) is 1.29. The first kappa shape index (κ1) is 12.0. The predicted octanol–water partition coefficient (Wildman–Crippen LogP) is 0.392. The molecule has 0 rings (SSSR count). The summed E-state index contributed by atoms with van der Waals surface area (Å²) in [6, 6.07) is 0. The van der Waals surface area contributed by atoms with Crippen molar-refractivity contribution in [1.82, 2.24) is 0 Å². The van der Waals surface area contributed by atoms with Crippen LogP contribution in [0.3, 0.4) is 0 Å². The van der Waals surface area contributed by atoms with Crippen LogP contribution in [-0.2, 0) is 27.2 Å². The molecular formula is CHF3MnO3S+2. The maximum absolute atomic E-state index is 10.7. The van der Waals surface area contributed by atoms with Crippen LogP contribution in [0, 0.1) is 0 Å². The van der Waals surface area contributed by atoms with Crippen LogP contribution in [0.15, 0.2) is 0 Å². The molecule has 0 aliphatic heterocycles. The third-order valence-corrected chi connectivity index (χ3v) is 0.877. The fraction of sp³-hybridized carbons (Fsp3) is 1.00. The van der Waals surface area contributed by atoms with Gasteiger partial charge in [-0.25, -0.2) is 0 Å². The Morgan fingerprint density at radius 3 is 1.33 bits per heavy atom. The molecule has 0 aliphatic rings. The van der Waals surface area contributed by atoms with E-state index in [0.29, 0.717) is 0 Å². The minimum atomic E-state index is -5.84. The Morgan fingerprint density at radius 1 is 1.22 bits per heavy atom. The van der Waals surface area contributed by atoms with Crippen LogP contribution in [0.2, 0.25) is 0 Å². The van der Waals surface area contributed by atoms with Crippen molar-refractivity contribution in [2.45, 2.75) is 5.51 Å². The van der Waals surface area contributed by atoms with Gasteiger partial charge in [0.25, 0.3) is 0 Å². The van der Waals surface area contributed by atoms with Crippen molar-refractivity contribution in [2.75, 3.05) is 0 Å². The number of alkyl halides is 3. The molecule has 0 aromatic rings. The van der Waals surface area contributed by atoms with Gasteiger partial charge in [0.15, 0.2) is 0 Å². The molecular weight excluding hydrogens is 204 g/mol. The van der Waals surface area contributed by atoms with E-state index in [4.69, 9.17) is 13.0 Å². The molecule has 0 aromatic carbocycles. The van der Waals surface area contributed by atoms with Gasteiger partial charge >= 0.3 is 32.7 Å². The molecule has 9 heavy (non-hydrogen) atoms. The van der Waals surface area contributed by atoms with Gasteiger partial charge in [0.2, 0.25) is 0 Å². The predicted molar refractivity (Wildman–Crippen MR) is 17.6 cm³/mol. The van der Waals surface area contributed by atoms with Crippen LogP contribution in [0.5, 0.6) is 0 Å². The second-order valence-corrected chi connectivity index (χ2v) is 2.33. The van der Waals surface area contributed by atoms with Crippen molar-refractivity contribution in [3.05, 3.63) is 0 Å². The largest absolute Gasteiger partial charge is 2.00 e. The SMILES string of the molecule is O=S(=O)(O)C(F)(F)F.[Mn+2].